The van der Waals surface area contributed by atoms with Crippen LogP contribution in [0.3, 0.4) is 0 Å². The minimum atomic E-state index is -0.440. The van der Waals surface area contributed by atoms with E-state index in [1.165, 1.54) is 9.80 Å². The summed E-state index contributed by atoms with van der Waals surface area (Å²) in [6, 6.07) is 8.55. The largest absolute Gasteiger partial charge is 0.347 e. The molecule has 0 saturated carbocycles. The summed E-state index contributed by atoms with van der Waals surface area (Å²) in [5, 5.41) is 0.635. The van der Waals surface area contributed by atoms with E-state index in [2.05, 4.69) is 11.5 Å². The Bertz CT molecular complexity index is 1330. The number of hydrogen-bond donors (Lipinski definition) is 0. The molecule has 1 fully saturated rings. The molecule has 0 bridgehead atoms. The van der Waals surface area contributed by atoms with Crippen LogP contribution in [-0.2, 0) is 16.1 Å². The first-order chi connectivity index (χ1) is 17.7. The maximum absolute atomic E-state index is 13.4. The van der Waals surface area contributed by atoms with Crippen LogP contribution in [0.2, 0.25) is 5.02 Å². The Labute approximate surface area is 222 Å². The lowest BCUT2D eigenvalue weighted by Crippen LogP contribution is -2.48. The normalized spacial score (nSPS) is 15.4. The number of carbonyl (C=O) groups is 2. The van der Waals surface area contributed by atoms with Crippen molar-refractivity contribution in [1.82, 2.24) is 23.8 Å². The third-order valence-corrected chi connectivity index (χ3v) is 7.15. The minimum Gasteiger partial charge on any atom is -0.347 e. The molecule has 1 aliphatic heterocycles. The number of hydrogen-bond acceptors (Lipinski definition) is 5. The van der Waals surface area contributed by atoms with Crippen LogP contribution in [0.5, 0.6) is 0 Å². The number of unbranched alkanes of at least 4 members (excludes halogenated alkanes) is 2. The van der Waals surface area contributed by atoms with Crippen LogP contribution in [0, 0.1) is 0 Å². The van der Waals surface area contributed by atoms with Crippen molar-refractivity contribution in [3.8, 4) is 11.3 Å². The Kier molecular flexibility index (Phi) is 8.22. The quantitative estimate of drug-likeness (QED) is 0.398. The summed E-state index contributed by atoms with van der Waals surface area (Å²) in [6.45, 7) is 3.50. The van der Waals surface area contributed by atoms with Gasteiger partial charge in [-0.15, -0.1) is 0 Å². The van der Waals surface area contributed by atoms with Crippen molar-refractivity contribution in [3.05, 3.63) is 51.9 Å². The van der Waals surface area contributed by atoms with Crippen LogP contribution in [-0.4, -0.2) is 75.8 Å². The smallest absolute Gasteiger partial charge is 0.261 e. The molecule has 3 aromatic rings. The van der Waals surface area contributed by atoms with Gasteiger partial charge < -0.3 is 14.7 Å². The first kappa shape index (κ1) is 26.7. The van der Waals surface area contributed by atoms with E-state index >= 15 is 0 Å². The lowest BCUT2D eigenvalue weighted by molar-refractivity contribution is -0.138. The Morgan fingerprint density at radius 1 is 1.14 bits per heavy atom. The van der Waals surface area contributed by atoms with Crippen molar-refractivity contribution in [1.29, 1.82) is 0 Å². The Morgan fingerprint density at radius 3 is 2.54 bits per heavy atom. The minimum absolute atomic E-state index is 0.0171. The third kappa shape index (κ3) is 5.66. The van der Waals surface area contributed by atoms with Gasteiger partial charge in [-0.25, -0.2) is 4.98 Å². The number of aryl methyl sites for hydroxylation is 1. The molecule has 0 spiro atoms. The van der Waals surface area contributed by atoms with Crippen LogP contribution >= 0.6 is 11.6 Å². The first-order valence-corrected chi connectivity index (χ1v) is 13.2. The van der Waals surface area contributed by atoms with Crippen molar-refractivity contribution in [3.63, 3.8) is 0 Å². The number of aromatic nitrogens is 3. The Balaban J connectivity index is 1.75. The molecule has 10 heteroatoms. The van der Waals surface area contributed by atoms with Crippen molar-refractivity contribution in [2.45, 2.75) is 51.6 Å². The van der Waals surface area contributed by atoms with Gasteiger partial charge in [-0.1, -0.05) is 43.5 Å². The summed E-state index contributed by atoms with van der Waals surface area (Å²) in [5.41, 5.74) is 1.36. The van der Waals surface area contributed by atoms with E-state index in [9.17, 15) is 14.4 Å². The summed E-state index contributed by atoms with van der Waals surface area (Å²) >= 11 is 6.06. The van der Waals surface area contributed by atoms with Gasteiger partial charge in [0.05, 0.1) is 12.2 Å². The van der Waals surface area contributed by atoms with E-state index in [1.54, 1.807) is 49.9 Å². The number of carbonyl (C=O) groups excluding carboxylic acids is 2. The van der Waals surface area contributed by atoms with Gasteiger partial charge in [0.25, 0.3) is 5.56 Å². The molecule has 1 atom stereocenters. The molecule has 3 heterocycles. The fourth-order valence-corrected chi connectivity index (χ4v) is 4.92. The molecule has 1 aliphatic rings. The summed E-state index contributed by atoms with van der Waals surface area (Å²) in [7, 11) is 5.01. The van der Waals surface area contributed by atoms with E-state index < -0.39 is 6.04 Å². The molecule has 1 saturated heterocycles. The summed E-state index contributed by atoms with van der Waals surface area (Å²) in [4.78, 5) is 48.7. The SMILES string of the molecule is CCCCCn1c(N2CCC[C@H]2C(=O)N(C)CC(=O)N(C)C)cc(=O)n2cc(-c3ccc(Cl)cc3)nc12. The molecular formula is C27H35ClN6O3. The highest BCUT2D eigenvalue weighted by Gasteiger charge is 2.35. The first-order valence-electron chi connectivity index (χ1n) is 12.8. The van der Waals surface area contributed by atoms with Gasteiger partial charge in [0.15, 0.2) is 0 Å². The Hall–Kier alpha value is -3.33. The Morgan fingerprint density at radius 2 is 1.86 bits per heavy atom. The molecule has 0 unspecified atom stereocenters. The van der Waals surface area contributed by atoms with E-state index in [4.69, 9.17) is 16.6 Å². The zero-order chi connectivity index (χ0) is 26.7. The monoisotopic (exact) mass is 526 g/mol. The molecule has 0 radical (unpaired) electrons. The van der Waals surface area contributed by atoms with E-state index in [-0.39, 0.29) is 23.9 Å². The predicted octanol–water partition coefficient (Wildman–Crippen LogP) is 3.52. The fourth-order valence-electron chi connectivity index (χ4n) is 4.79. The van der Waals surface area contributed by atoms with E-state index in [1.807, 2.05) is 17.0 Å². The zero-order valence-electron chi connectivity index (χ0n) is 22.0. The number of amides is 2. The summed E-state index contributed by atoms with van der Waals surface area (Å²) < 4.78 is 3.64. The zero-order valence-corrected chi connectivity index (χ0v) is 22.7. The molecule has 198 valence electrons. The summed E-state index contributed by atoms with van der Waals surface area (Å²) in [5.74, 6) is 0.999. The fraction of sp³-hybridized carbons (Fsp3) is 0.481. The molecule has 0 aliphatic carbocycles. The molecule has 1 aromatic carbocycles. The topological polar surface area (TPSA) is 83.2 Å². The lowest BCUT2D eigenvalue weighted by Gasteiger charge is -2.31. The van der Waals surface area contributed by atoms with Crippen LogP contribution < -0.4 is 10.5 Å². The van der Waals surface area contributed by atoms with Gasteiger partial charge in [-0.2, -0.15) is 0 Å². The highest BCUT2D eigenvalue weighted by molar-refractivity contribution is 6.30. The maximum atomic E-state index is 13.4. The maximum Gasteiger partial charge on any atom is 0.261 e. The molecule has 37 heavy (non-hydrogen) atoms. The molecule has 0 N–H and O–H groups in total. The van der Waals surface area contributed by atoms with Crippen molar-refractivity contribution in [2.24, 2.45) is 0 Å². The van der Waals surface area contributed by atoms with Crippen molar-refractivity contribution >= 4 is 35.0 Å². The number of halogens is 1. The van der Waals surface area contributed by atoms with Crippen LogP contribution in [0.1, 0.15) is 39.0 Å². The third-order valence-electron chi connectivity index (χ3n) is 6.90. The highest BCUT2D eigenvalue weighted by Crippen LogP contribution is 2.29. The second kappa shape index (κ2) is 11.4. The van der Waals surface area contributed by atoms with Crippen LogP contribution in [0.25, 0.3) is 17.0 Å². The number of rotatable bonds is 9. The lowest BCUT2D eigenvalue weighted by atomic mass is 10.2. The van der Waals surface area contributed by atoms with E-state index in [0.717, 1.165) is 31.2 Å². The van der Waals surface area contributed by atoms with Crippen LogP contribution in [0.15, 0.2) is 41.3 Å². The number of imidazole rings is 1. The van der Waals surface area contributed by atoms with Gasteiger partial charge in [-0.05, 0) is 31.4 Å². The number of benzene rings is 1. The molecule has 9 nitrogen and oxygen atoms in total. The summed E-state index contributed by atoms with van der Waals surface area (Å²) in [6.07, 6.45) is 6.28. The van der Waals surface area contributed by atoms with Gasteiger partial charge >= 0.3 is 0 Å². The van der Waals surface area contributed by atoms with E-state index in [0.29, 0.717) is 41.8 Å². The molecular weight excluding hydrogens is 492 g/mol. The molecule has 2 amide bonds. The number of likely N-dealkylation sites (N-methyl/N-ethyl adjacent to an activating group) is 2. The second-order valence-electron chi connectivity index (χ2n) is 9.84. The van der Waals surface area contributed by atoms with Crippen molar-refractivity contribution < 1.29 is 9.59 Å². The number of anilines is 1. The average molecular weight is 527 g/mol. The number of nitrogens with zero attached hydrogens (tertiary/aromatic N) is 6. The standard InChI is InChI=1S/C27H35ClN6O3/c1-5-6-7-14-33-23(32-15-8-9-22(32)26(37)31(4)18-25(36)30(2)3)16-24(35)34-17-21(29-27(33)34)19-10-12-20(28)13-11-19/h10-13,16-17,22H,5-9,14-15,18H2,1-4H3/t22-/m0/s1. The van der Waals surface area contributed by atoms with Crippen molar-refractivity contribution in [2.75, 3.05) is 39.1 Å². The van der Waals surface area contributed by atoms with Gasteiger partial charge in [-0.3, -0.25) is 23.4 Å². The highest BCUT2D eigenvalue weighted by atomic mass is 35.5. The van der Waals surface area contributed by atoms with Crippen LogP contribution in [0.4, 0.5) is 5.82 Å². The average Bonchev–Trinajstić information content (AvgIpc) is 3.53. The number of fused-ring (bicyclic) bond motifs is 1. The van der Waals surface area contributed by atoms with Gasteiger partial charge in [0, 0.05) is 57.1 Å². The molecule has 4 rings (SSSR count). The molecule has 2 aromatic heterocycles. The predicted molar refractivity (Wildman–Crippen MR) is 146 cm³/mol. The van der Waals surface area contributed by atoms with Gasteiger partial charge in [0.2, 0.25) is 17.6 Å². The van der Waals surface area contributed by atoms with Gasteiger partial charge in [0.1, 0.15) is 11.9 Å². The second-order valence-corrected chi connectivity index (χ2v) is 10.3.